The Kier molecular flexibility index (Phi) is 9.73. The van der Waals surface area contributed by atoms with E-state index in [1.165, 1.54) is 25.7 Å². The van der Waals surface area contributed by atoms with Crippen LogP contribution >= 0.6 is 0 Å². The lowest BCUT2D eigenvalue weighted by molar-refractivity contribution is 0.766. The van der Waals surface area contributed by atoms with Crippen molar-refractivity contribution in [1.29, 1.82) is 0 Å². The van der Waals surface area contributed by atoms with Gasteiger partial charge in [-0.25, -0.2) is 0 Å². The molecule has 0 aliphatic heterocycles. The van der Waals surface area contributed by atoms with Crippen LogP contribution in [-0.2, 0) is 0 Å². The van der Waals surface area contributed by atoms with Crippen LogP contribution < -0.4 is 0 Å². The van der Waals surface area contributed by atoms with Crippen molar-refractivity contribution in [3.8, 4) is 0 Å². The van der Waals surface area contributed by atoms with E-state index in [-0.39, 0.29) is 0 Å². The Morgan fingerprint density at radius 1 is 1.00 bits per heavy atom. The van der Waals surface area contributed by atoms with Crippen LogP contribution in [0, 0.1) is 0 Å². The van der Waals surface area contributed by atoms with Gasteiger partial charge in [-0.05, 0) is 25.7 Å². The Hall–Kier alpha value is -0.780. The van der Waals surface area contributed by atoms with Crippen molar-refractivity contribution in [2.45, 2.75) is 52.9 Å². The topological polar surface area (TPSA) is 0 Å². The molecule has 0 aromatic heterocycles. The zero-order chi connectivity index (χ0) is 10.6. The molecule has 0 aliphatic rings. The predicted octanol–water partition coefficient (Wildman–Crippen LogP) is 5.04. The van der Waals surface area contributed by atoms with E-state index >= 15 is 0 Å². The van der Waals surface area contributed by atoms with Crippen LogP contribution in [0.4, 0.5) is 0 Å². The summed E-state index contributed by atoms with van der Waals surface area (Å²) < 4.78 is 0. The van der Waals surface area contributed by atoms with E-state index in [0.717, 1.165) is 6.42 Å². The normalized spacial score (nSPS) is 13.2. The average Bonchev–Trinajstić information content (AvgIpc) is 2.22. The largest absolute Gasteiger partial charge is 0.0848 e. The molecule has 0 aromatic rings. The van der Waals surface area contributed by atoms with Crippen molar-refractivity contribution in [1.82, 2.24) is 0 Å². The molecule has 0 rings (SSSR count). The molecule has 0 spiro atoms. The smallest absolute Gasteiger partial charge is 0.0317 e. The van der Waals surface area contributed by atoms with Crippen LogP contribution in [0.3, 0.4) is 0 Å². The molecule has 0 heterocycles. The van der Waals surface area contributed by atoms with E-state index in [1.807, 2.05) is 0 Å². The molecular formula is C14H24. The molecular weight excluding hydrogens is 168 g/mol. The van der Waals surface area contributed by atoms with E-state index in [1.54, 1.807) is 5.57 Å². The summed E-state index contributed by atoms with van der Waals surface area (Å²) in [5.74, 6) is 0. The second-order valence-corrected chi connectivity index (χ2v) is 3.50. The molecule has 0 fully saturated rings. The Balaban J connectivity index is 3.90. The van der Waals surface area contributed by atoms with Crippen LogP contribution in [0.1, 0.15) is 52.9 Å². The van der Waals surface area contributed by atoms with Gasteiger partial charge in [0, 0.05) is 0 Å². The Morgan fingerprint density at radius 3 is 2.36 bits per heavy atom. The summed E-state index contributed by atoms with van der Waals surface area (Å²) in [6.07, 6.45) is 17.0. The summed E-state index contributed by atoms with van der Waals surface area (Å²) in [6, 6.07) is 0. The highest BCUT2D eigenvalue weighted by atomic mass is 14.0. The SMILES string of the molecule is CCC=CC=CC=C(CC)CCCC. The maximum absolute atomic E-state index is 2.26. The third kappa shape index (κ3) is 7.85. The summed E-state index contributed by atoms with van der Waals surface area (Å²) in [4.78, 5) is 0. The summed E-state index contributed by atoms with van der Waals surface area (Å²) in [6.45, 7) is 6.63. The lowest BCUT2D eigenvalue weighted by Gasteiger charge is -2.00. The maximum Gasteiger partial charge on any atom is -0.0317 e. The van der Waals surface area contributed by atoms with Crippen molar-refractivity contribution in [2.24, 2.45) is 0 Å². The zero-order valence-electron chi connectivity index (χ0n) is 9.92. The fourth-order valence-corrected chi connectivity index (χ4v) is 1.25. The summed E-state index contributed by atoms with van der Waals surface area (Å²) >= 11 is 0. The molecule has 14 heavy (non-hydrogen) atoms. The molecule has 0 heteroatoms. The molecule has 80 valence electrons. The van der Waals surface area contributed by atoms with Crippen LogP contribution in [0.2, 0.25) is 0 Å². The minimum absolute atomic E-state index is 1.12. The zero-order valence-corrected chi connectivity index (χ0v) is 9.92. The Morgan fingerprint density at radius 2 is 1.79 bits per heavy atom. The minimum Gasteiger partial charge on any atom is -0.0848 e. The molecule has 0 saturated carbocycles. The summed E-state index contributed by atoms with van der Waals surface area (Å²) in [5.41, 5.74) is 1.56. The van der Waals surface area contributed by atoms with Gasteiger partial charge in [-0.1, -0.05) is 63.1 Å². The quantitative estimate of drug-likeness (QED) is 0.496. The molecule has 0 saturated heterocycles. The van der Waals surface area contributed by atoms with Crippen molar-refractivity contribution in [3.05, 3.63) is 36.0 Å². The van der Waals surface area contributed by atoms with Gasteiger partial charge in [-0.3, -0.25) is 0 Å². The highest BCUT2D eigenvalue weighted by Gasteiger charge is 1.90. The highest BCUT2D eigenvalue weighted by molar-refractivity contribution is 5.16. The van der Waals surface area contributed by atoms with Crippen LogP contribution in [0.15, 0.2) is 36.0 Å². The van der Waals surface area contributed by atoms with Crippen molar-refractivity contribution < 1.29 is 0 Å². The van der Waals surface area contributed by atoms with E-state index < -0.39 is 0 Å². The monoisotopic (exact) mass is 192 g/mol. The first-order chi connectivity index (χ1) is 6.85. The lowest BCUT2D eigenvalue weighted by Crippen LogP contribution is -1.80. The second kappa shape index (κ2) is 10.3. The molecule has 0 N–H and O–H groups in total. The molecule has 0 aromatic carbocycles. The lowest BCUT2D eigenvalue weighted by atomic mass is 10.1. The number of hydrogen-bond donors (Lipinski definition) is 0. The van der Waals surface area contributed by atoms with Gasteiger partial charge in [0.2, 0.25) is 0 Å². The first-order valence-electron chi connectivity index (χ1n) is 5.86. The molecule has 0 unspecified atom stereocenters. The molecule has 0 nitrogen and oxygen atoms in total. The van der Waals surface area contributed by atoms with Crippen molar-refractivity contribution >= 4 is 0 Å². The van der Waals surface area contributed by atoms with Crippen LogP contribution in [0.25, 0.3) is 0 Å². The first kappa shape index (κ1) is 13.2. The van der Waals surface area contributed by atoms with Crippen molar-refractivity contribution in [3.63, 3.8) is 0 Å². The third-order valence-corrected chi connectivity index (χ3v) is 2.23. The van der Waals surface area contributed by atoms with Gasteiger partial charge in [-0.2, -0.15) is 0 Å². The average molecular weight is 192 g/mol. The molecule has 0 radical (unpaired) electrons. The van der Waals surface area contributed by atoms with Gasteiger partial charge in [0.05, 0.1) is 0 Å². The van der Waals surface area contributed by atoms with Gasteiger partial charge >= 0.3 is 0 Å². The molecule has 0 atom stereocenters. The van der Waals surface area contributed by atoms with Crippen molar-refractivity contribution in [2.75, 3.05) is 0 Å². The van der Waals surface area contributed by atoms with E-state index in [4.69, 9.17) is 0 Å². The molecule has 0 bridgehead atoms. The number of allylic oxidation sites excluding steroid dienone is 6. The second-order valence-electron chi connectivity index (χ2n) is 3.50. The fraction of sp³-hybridized carbons (Fsp3) is 0.571. The summed E-state index contributed by atoms with van der Waals surface area (Å²) in [7, 11) is 0. The van der Waals surface area contributed by atoms with Gasteiger partial charge < -0.3 is 0 Å². The van der Waals surface area contributed by atoms with Gasteiger partial charge in [0.15, 0.2) is 0 Å². The number of unbranched alkanes of at least 4 members (excludes halogenated alkanes) is 1. The van der Waals surface area contributed by atoms with Crippen LogP contribution in [0.5, 0.6) is 0 Å². The Labute approximate surface area is 89.4 Å². The summed E-state index contributed by atoms with van der Waals surface area (Å²) in [5, 5.41) is 0. The third-order valence-electron chi connectivity index (χ3n) is 2.23. The minimum atomic E-state index is 1.12. The van der Waals surface area contributed by atoms with Gasteiger partial charge in [0.1, 0.15) is 0 Å². The number of hydrogen-bond acceptors (Lipinski definition) is 0. The fourth-order valence-electron chi connectivity index (χ4n) is 1.25. The first-order valence-corrected chi connectivity index (χ1v) is 5.86. The maximum atomic E-state index is 2.26. The highest BCUT2D eigenvalue weighted by Crippen LogP contribution is 2.10. The molecule has 0 aliphatic carbocycles. The van der Waals surface area contributed by atoms with E-state index in [2.05, 4.69) is 51.2 Å². The number of rotatable bonds is 7. The standard InChI is InChI=1S/C14H24/c1-4-7-9-10-11-13-14(6-3)12-8-5-2/h7,9-11,13H,4-6,8,12H2,1-3H3. The van der Waals surface area contributed by atoms with Gasteiger partial charge in [-0.15, -0.1) is 0 Å². The van der Waals surface area contributed by atoms with E-state index in [9.17, 15) is 0 Å². The molecule has 0 amide bonds. The van der Waals surface area contributed by atoms with E-state index in [0.29, 0.717) is 0 Å². The van der Waals surface area contributed by atoms with Crippen LogP contribution in [-0.4, -0.2) is 0 Å². The van der Waals surface area contributed by atoms with Gasteiger partial charge in [0.25, 0.3) is 0 Å². The predicted molar refractivity (Wildman–Crippen MR) is 66.5 cm³/mol. The Bertz CT molecular complexity index is 194.